The van der Waals surface area contributed by atoms with Gasteiger partial charge in [0.05, 0.1) is 0 Å². The number of fused-ring (bicyclic) bond motifs is 1. The summed E-state index contributed by atoms with van der Waals surface area (Å²) in [5, 5.41) is 1.94. The van der Waals surface area contributed by atoms with Crippen molar-refractivity contribution in [2.75, 3.05) is 46.3 Å². The molecule has 90 valence electrons. The smallest absolute Gasteiger partial charge is 0.0365 e. The van der Waals surface area contributed by atoms with Crippen LogP contribution in [0.3, 0.4) is 0 Å². The van der Waals surface area contributed by atoms with Crippen LogP contribution >= 0.6 is 0 Å². The van der Waals surface area contributed by atoms with E-state index in [1.165, 1.54) is 26.1 Å². The second kappa shape index (κ2) is 6.43. The lowest BCUT2D eigenvalue weighted by atomic mass is 10.1. The molecule has 0 aromatic rings. The fourth-order valence-electron chi connectivity index (χ4n) is 2.13. The van der Waals surface area contributed by atoms with Crippen LogP contribution in [0.2, 0.25) is 0 Å². The van der Waals surface area contributed by atoms with Crippen LogP contribution in [0.5, 0.6) is 0 Å². The van der Waals surface area contributed by atoms with Crippen molar-refractivity contribution in [1.82, 2.24) is 14.8 Å². The summed E-state index contributed by atoms with van der Waals surface area (Å²) in [6.45, 7) is 11.1. The van der Waals surface area contributed by atoms with Crippen molar-refractivity contribution in [2.45, 2.75) is 26.3 Å². The van der Waals surface area contributed by atoms with Crippen molar-refractivity contribution in [1.29, 1.82) is 0 Å². The fourth-order valence-corrected chi connectivity index (χ4v) is 2.13. The Kier molecular flexibility index (Phi) is 5.53. The highest BCUT2D eigenvalue weighted by molar-refractivity contribution is 4.86. The standard InChI is InChI=1S/C8H18N4.C3H8/c1-10-2-3-11-4-5-12(9)7-8(11)6-10;1-3-2/h8H,2-7,9H2,1H3;3H2,1-2H3. The number of rotatable bonds is 0. The first-order chi connectivity index (χ1) is 7.17. The molecule has 4 nitrogen and oxygen atoms in total. The molecule has 0 radical (unpaired) electrons. The first kappa shape index (κ1) is 12.9. The molecular weight excluding hydrogens is 188 g/mol. The Morgan fingerprint density at radius 2 is 1.67 bits per heavy atom. The molecule has 0 amide bonds. The summed E-state index contributed by atoms with van der Waals surface area (Å²) >= 11 is 0. The Hall–Kier alpha value is -0.160. The molecule has 1 atom stereocenters. The van der Waals surface area contributed by atoms with E-state index in [2.05, 4.69) is 30.7 Å². The Morgan fingerprint density at radius 3 is 2.33 bits per heavy atom. The zero-order chi connectivity index (χ0) is 11.3. The van der Waals surface area contributed by atoms with E-state index in [9.17, 15) is 0 Å². The first-order valence-electron chi connectivity index (χ1n) is 6.09. The highest BCUT2D eigenvalue weighted by Gasteiger charge is 2.29. The van der Waals surface area contributed by atoms with Gasteiger partial charge in [0.2, 0.25) is 0 Å². The van der Waals surface area contributed by atoms with Crippen LogP contribution in [0, 0.1) is 0 Å². The number of piperazine rings is 2. The predicted molar refractivity (Wildman–Crippen MR) is 64.6 cm³/mol. The molecule has 2 aliphatic rings. The Bertz CT molecular complexity index is 158. The third kappa shape index (κ3) is 4.07. The number of nitrogens with two attached hydrogens (primary N) is 1. The maximum Gasteiger partial charge on any atom is 0.0365 e. The van der Waals surface area contributed by atoms with Gasteiger partial charge in [0.25, 0.3) is 0 Å². The minimum absolute atomic E-state index is 0.669. The molecule has 2 heterocycles. The van der Waals surface area contributed by atoms with Gasteiger partial charge in [0, 0.05) is 45.3 Å². The first-order valence-corrected chi connectivity index (χ1v) is 6.09. The molecule has 0 spiro atoms. The summed E-state index contributed by atoms with van der Waals surface area (Å²) < 4.78 is 0. The number of likely N-dealkylation sites (N-methyl/N-ethyl adjacent to an activating group) is 1. The van der Waals surface area contributed by atoms with Gasteiger partial charge in [-0.1, -0.05) is 20.3 Å². The Morgan fingerprint density at radius 1 is 1.07 bits per heavy atom. The molecule has 1 unspecified atom stereocenters. The van der Waals surface area contributed by atoms with E-state index in [-0.39, 0.29) is 0 Å². The number of hydrazine groups is 1. The Labute approximate surface area is 94.0 Å². The van der Waals surface area contributed by atoms with E-state index < -0.39 is 0 Å². The number of hydrogen-bond acceptors (Lipinski definition) is 4. The van der Waals surface area contributed by atoms with E-state index in [4.69, 9.17) is 5.84 Å². The van der Waals surface area contributed by atoms with Crippen molar-refractivity contribution >= 4 is 0 Å². The van der Waals surface area contributed by atoms with Crippen LogP contribution in [0.25, 0.3) is 0 Å². The van der Waals surface area contributed by atoms with Gasteiger partial charge in [-0.2, -0.15) is 0 Å². The second-order valence-corrected chi connectivity index (χ2v) is 4.65. The molecule has 0 aliphatic carbocycles. The van der Waals surface area contributed by atoms with E-state index >= 15 is 0 Å². The molecular formula is C11H26N4. The maximum absolute atomic E-state index is 5.78. The molecule has 0 bridgehead atoms. The van der Waals surface area contributed by atoms with E-state index in [1.807, 2.05) is 5.01 Å². The van der Waals surface area contributed by atoms with E-state index in [0.29, 0.717) is 6.04 Å². The predicted octanol–water partition coefficient (Wildman–Crippen LogP) is 0.208. The van der Waals surface area contributed by atoms with Gasteiger partial charge in [0.1, 0.15) is 0 Å². The summed E-state index contributed by atoms with van der Waals surface area (Å²) in [6.07, 6.45) is 1.25. The highest BCUT2D eigenvalue weighted by atomic mass is 15.5. The molecule has 0 aromatic carbocycles. The lowest BCUT2D eigenvalue weighted by molar-refractivity contribution is 0.0202. The molecule has 2 fully saturated rings. The Balaban J connectivity index is 0.000000337. The third-order valence-electron chi connectivity index (χ3n) is 2.93. The molecule has 2 aliphatic heterocycles. The summed E-state index contributed by atoms with van der Waals surface area (Å²) in [7, 11) is 2.19. The van der Waals surface area contributed by atoms with Gasteiger partial charge >= 0.3 is 0 Å². The number of nitrogens with zero attached hydrogens (tertiary/aromatic N) is 3. The highest BCUT2D eigenvalue weighted by Crippen LogP contribution is 2.12. The van der Waals surface area contributed by atoms with Crippen LogP contribution in [-0.4, -0.2) is 67.2 Å². The van der Waals surface area contributed by atoms with Crippen LogP contribution in [0.15, 0.2) is 0 Å². The average Bonchev–Trinajstić information content (AvgIpc) is 2.18. The largest absolute Gasteiger partial charge is 0.303 e. The molecule has 2 N–H and O–H groups in total. The summed E-state index contributed by atoms with van der Waals surface area (Å²) in [6, 6.07) is 0.669. The molecule has 0 saturated carbocycles. The molecule has 15 heavy (non-hydrogen) atoms. The topological polar surface area (TPSA) is 35.7 Å². The maximum atomic E-state index is 5.78. The monoisotopic (exact) mass is 214 g/mol. The lowest BCUT2D eigenvalue weighted by Crippen LogP contribution is -2.62. The fraction of sp³-hybridized carbons (Fsp3) is 1.00. The van der Waals surface area contributed by atoms with Gasteiger partial charge < -0.3 is 4.90 Å². The van der Waals surface area contributed by atoms with Crippen molar-refractivity contribution in [3.8, 4) is 0 Å². The van der Waals surface area contributed by atoms with Gasteiger partial charge in [-0.15, -0.1) is 0 Å². The zero-order valence-corrected chi connectivity index (χ0v) is 10.4. The number of hydrogen-bond donors (Lipinski definition) is 1. The van der Waals surface area contributed by atoms with Crippen molar-refractivity contribution in [3.63, 3.8) is 0 Å². The van der Waals surface area contributed by atoms with Crippen LogP contribution in [0.1, 0.15) is 20.3 Å². The normalized spacial score (nSPS) is 29.2. The van der Waals surface area contributed by atoms with Crippen LogP contribution < -0.4 is 5.84 Å². The van der Waals surface area contributed by atoms with E-state index in [1.54, 1.807) is 0 Å². The summed E-state index contributed by atoms with van der Waals surface area (Å²) in [5.41, 5.74) is 0. The zero-order valence-electron chi connectivity index (χ0n) is 10.4. The van der Waals surface area contributed by atoms with Gasteiger partial charge in [-0.25, -0.2) is 5.01 Å². The molecule has 2 rings (SSSR count). The third-order valence-corrected chi connectivity index (χ3v) is 2.93. The minimum Gasteiger partial charge on any atom is -0.303 e. The van der Waals surface area contributed by atoms with Gasteiger partial charge in [-0.05, 0) is 7.05 Å². The van der Waals surface area contributed by atoms with Crippen LogP contribution in [-0.2, 0) is 0 Å². The van der Waals surface area contributed by atoms with Crippen LogP contribution in [0.4, 0.5) is 0 Å². The van der Waals surface area contributed by atoms with Gasteiger partial charge in [0.15, 0.2) is 0 Å². The van der Waals surface area contributed by atoms with E-state index in [0.717, 1.165) is 19.6 Å². The minimum atomic E-state index is 0.669. The van der Waals surface area contributed by atoms with Crippen molar-refractivity contribution < 1.29 is 0 Å². The van der Waals surface area contributed by atoms with Gasteiger partial charge in [-0.3, -0.25) is 10.7 Å². The molecule has 4 heteroatoms. The molecule has 2 saturated heterocycles. The lowest BCUT2D eigenvalue weighted by Gasteiger charge is -2.45. The second-order valence-electron chi connectivity index (χ2n) is 4.65. The summed E-state index contributed by atoms with van der Waals surface area (Å²) in [5.74, 6) is 5.78. The van der Waals surface area contributed by atoms with Crippen molar-refractivity contribution in [3.05, 3.63) is 0 Å². The average molecular weight is 214 g/mol. The summed E-state index contributed by atoms with van der Waals surface area (Å²) in [4.78, 5) is 4.95. The molecule has 0 aromatic heterocycles. The van der Waals surface area contributed by atoms with Crippen molar-refractivity contribution in [2.24, 2.45) is 5.84 Å². The SMILES string of the molecule is CCC.CN1CCN2CCN(N)CC2C1. The quantitative estimate of drug-likeness (QED) is 0.585.